The molecule has 0 aromatic carbocycles. The molecule has 0 bridgehead atoms. The minimum Gasteiger partial charge on any atom is -0.480 e. The number of hydrogen-bond acceptors (Lipinski definition) is 4. The number of aliphatic hydroxyl groups is 1. The van der Waals surface area contributed by atoms with Crippen LogP contribution in [0.3, 0.4) is 0 Å². The summed E-state index contributed by atoms with van der Waals surface area (Å²) in [7, 11) is 0. The normalized spacial score (nSPS) is 12.1. The second kappa shape index (κ2) is 4.90. The number of thiophene rings is 1. The van der Waals surface area contributed by atoms with E-state index in [0.29, 0.717) is 4.88 Å². The maximum atomic E-state index is 11.5. The molecule has 0 spiro atoms. The second-order valence-corrected chi connectivity index (χ2v) is 4.25. The molecule has 0 radical (unpaired) electrons. The molecule has 1 aromatic rings. The van der Waals surface area contributed by atoms with E-state index in [0.717, 1.165) is 4.88 Å². The van der Waals surface area contributed by atoms with Gasteiger partial charge in [-0.1, -0.05) is 0 Å². The van der Waals surface area contributed by atoms with Crippen molar-refractivity contribution in [2.24, 2.45) is 0 Å². The molecule has 6 heteroatoms. The minimum atomic E-state index is -1.25. The second-order valence-electron chi connectivity index (χ2n) is 2.96. The lowest BCUT2D eigenvalue weighted by Gasteiger charge is -2.10. The minimum absolute atomic E-state index is 0.437. The van der Waals surface area contributed by atoms with Crippen LogP contribution in [0.15, 0.2) is 12.1 Å². The molecule has 1 aromatic heterocycles. The number of rotatable bonds is 4. The van der Waals surface area contributed by atoms with Crippen LogP contribution in [0.1, 0.15) is 14.5 Å². The number of aliphatic hydroxyl groups excluding tert-OH is 1. The first-order valence-corrected chi connectivity index (χ1v) is 5.07. The summed E-state index contributed by atoms with van der Waals surface area (Å²) in [4.78, 5) is 23.4. The average molecular weight is 229 g/mol. The Morgan fingerprint density at radius 1 is 1.53 bits per heavy atom. The molecule has 1 rings (SSSR count). The molecular formula is C9H11NO4S. The van der Waals surface area contributed by atoms with E-state index in [1.54, 1.807) is 12.1 Å². The predicted molar refractivity (Wildman–Crippen MR) is 55.0 cm³/mol. The molecular weight excluding hydrogens is 218 g/mol. The smallest absolute Gasteiger partial charge is 0.328 e. The summed E-state index contributed by atoms with van der Waals surface area (Å²) in [6.07, 6.45) is 0. The standard InChI is InChI=1S/C9H11NO4S/c1-5-2-3-7(15-5)8(12)10-6(4-11)9(13)14/h2-3,6,11H,4H2,1H3,(H,10,12)(H,13,14). The molecule has 0 saturated heterocycles. The molecule has 0 fully saturated rings. The molecule has 0 aliphatic carbocycles. The Bertz CT molecular complexity index is 374. The fraction of sp³-hybridized carbons (Fsp3) is 0.333. The molecule has 0 aliphatic heterocycles. The zero-order chi connectivity index (χ0) is 11.4. The molecule has 82 valence electrons. The van der Waals surface area contributed by atoms with Crippen LogP contribution in [0.5, 0.6) is 0 Å². The molecule has 5 nitrogen and oxygen atoms in total. The number of amides is 1. The van der Waals surface area contributed by atoms with Gasteiger partial charge in [0, 0.05) is 4.88 Å². The molecule has 0 saturated carbocycles. The van der Waals surface area contributed by atoms with E-state index >= 15 is 0 Å². The van der Waals surface area contributed by atoms with Crippen molar-refractivity contribution in [2.75, 3.05) is 6.61 Å². The van der Waals surface area contributed by atoms with Gasteiger partial charge in [-0.15, -0.1) is 11.3 Å². The summed E-state index contributed by atoms with van der Waals surface area (Å²) in [6, 6.07) is 2.14. The van der Waals surface area contributed by atoms with Crippen molar-refractivity contribution >= 4 is 23.2 Å². The number of carboxylic acid groups (broad SMARTS) is 1. The Hall–Kier alpha value is -1.40. The molecule has 1 atom stereocenters. The Kier molecular flexibility index (Phi) is 3.81. The van der Waals surface area contributed by atoms with E-state index in [2.05, 4.69) is 5.32 Å². The van der Waals surface area contributed by atoms with Gasteiger partial charge < -0.3 is 15.5 Å². The predicted octanol–water partition coefficient (Wildman–Crippen LogP) is 0.232. The quantitative estimate of drug-likeness (QED) is 0.690. The third kappa shape index (κ3) is 3.03. The number of carbonyl (C=O) groups is 2. The first-order valence-electron chi connectivity index (χ1n) is 4.25. The summed E-state index contributed by atoms with van der Waals surface area (Å²) in [5, 5.41) is 19.5. The third-order valence-corrected chi connectivity index (χ3v) is 2.75. The molecule has 1 heterocycles. The highest BCUT2D eigenvalue weighted by Gasteiger charge is 2.19. The Labute approximate surface area is 90.4 Å². The average Bonchev–Trinajstić information content (AvgIpc) is 2.60. The van der Waals surface area contributed by atoms with Crippen molar-refractivity contribution in [3.05, 3.63) is 21.9 Å². The largest absolute Gasteiger partial charge is 0.480 e. The Balaban J connectivity index is 2.66. The highest BCUT2D eigenvalue weighted by molar-refractivity contribution is 7.13. The van der Waals surface area contributed by atoms with E-state index < -0.39 is 24.5 Å². The lowest BCUT2D eigenvalue weighted by atomic mass is 10.3. The molecule has 1 amide bonds. The topological polar surface area (TPSA) is 86.6 Å². The number of hydrogen-bond donors (Lipinski definition) is 3. The van der Waals surface area contributed by atoms with Gasteiger partial charge in [0.05, 0.1) is 11.5 Å². The van der Waals surface area contributed by atoms with Gasteiger partial charge in [0.15, 0.2) is 6.04 Å². The fourth-order valence-corrected chi connectivity index (χ4v) is 1.74. The van der Waals surface area contributed by atoms with Crippen LogP contribution in [0.4, 0.5) is 0 Å². The highest BCUT2D eigenvalue weighted by Crippen LogP contribution is 2.14. The van der Waals surface area contributed by atoms with Gasteiger partial charge >= 0.3 is 5.97 Å². The lowest BCUT2D eigenvalue weighted by molar-refractivity contribution is -0.140. The van der Waals surface area contributed by atoms with Crippen LogP contribution < -0.4 is 5.32 Å². The summed E-state index contributed by atoms with van der Waals surface area (Å²) in [6.45, 7) is 1.23. The Morgan fingerprint density at radius 2 is 2.20 bits per heavy atom. The number of carboxylic acids is 1. The number of aliphatic carboxylic acids is 1. The van der Waals surface area contributed by atoms with Crippen LogP contribution in [0, 0.1) is 6.92 Å². The number of aryl methyl sites for hydroxylation is 1. The van der Waals surface area contributed by atoms with Gasteiger partial charge in [-0.25, -0.2) is 4.79 Å². The van der Waals surface area contributed by atoms with Crippen LogP contribution in [0.25, 0.3) is 0 Å². The zero-order valence-corrected chi connectivity index (χ0v) is 8.87. The van der Waals surface area contributed by atoms with E-state index in [9.17, 15) is 9.59 Å². The Morgan fingerprint density at radius 3 is 2.60 bits per heavy atom. The first-order chi connectivity index (χ1) is 7.04. The van der Waals surface area contributed by atoms with Crippen molar-refractivity contribution in [3.8, 4) is 0 Å². The van der Waals surface area contributed by atoms with Crippen LogP contribution in [-0.2, 0) is 4.79 Å². The monoisotopic (exact) mass is 229 g/mol. The molecule has 15 heavy (non-hydrogen) atoms. The summed E-state index contributed by atoms with van der Waals surface area (Å²) in [5.74, 6) is -1.73. The van der Waals surface area contributed by atoms with E-state index in [-0.39, 0.29) is 0 Å². The fourth-order valence-electron chi connectivity index (χ4n) is 0.971. The summed E-state index contributed by atoms with van der Waals surface area (Å²) >= 11 is 1.27. The maximum absolute atomic E-state index is 11.5. The van der Waals surface area contributed by atoms with Gasteiger partial charge in [-0.3, -0.25) is 4.79 Å². The van der Waals surface area contributed by atoms with Gasteiger partial charge in [0.1, 0.15) is 0 Å². The SMILES string of the molecule is Cc1ccc(C(=O)NC(CO)C(=O)O)s1. The van der Waals surface area contributed by atoms with Crippen molar-refractivity contribution < 1.29 is 19.8 Å². The van der Waals surface area contributed by atoms with Crippen molar-refractivity contribution in [3.63, 3.8) is 0 Å². The number of nitrogens with one attached hydrogen (secondary N) is 1. The van der Waals surface area contributed by atoms with Gasteiger partial charge in [-0.05, 0) is 19.1 Å². The zero-order valence-electron chi connectivity index (χ0n) is 8.06. The van der Waals surface area contributed by atoms with Crippen LogP contribution in [0.2, 0.25) is 0 Å². The molecule has 0 aliphatic rings. The van der Waals surface area contributed by atoms with Gasteiger partial charge in [-0.2, -0.15) is 0 Å². The van der Waals surface area contributed by atoms with Gasteiger partial charge in [0.25, 0.3) is 5.91 Å². The number of carbonyl (C=O) groups excluding carboxylic acids is 1. The molecule has 3 N–H and O–H groups in total. The van der Waals surface area contributed by atoms with Crippen molar-refractivity contribution in [1.29, 1.82) is 0 Å². The summed E-state index contributed by atoms with van der Waals surface area (Å²) < 4.78 is 0. The van der Waals surface area contributed by atoms with Crippen molar-refractivity contribution in [2.45, 2.75) is 13.0 Å². The van der Waals surface area contributed by atoms with Gasteiger partial charge in [0.2, 0.25) is 0 Å². The van der Waals surface area contributed by atoms with Crippen LogP contribution >= 0.6 is 11.3 Å². The molecule has 1 unspecified atom stereocenters. The highest BCUT2D eigenvalue weighted by atomic mass is 32.1. The van der Waals surface area contributed by atoms with E-state index in [1.807, 2.05) is 6.92 Å². The van der Waals surface area contributed by atoms with E-state index in [1.165, 1.54) is 11.3 Å². The summed E-state index contributed by atoms with van der Waals surface area (Å²) in [5.41, 5.74) is 0. The lowest BCUT2D eigenvalue weighted by Crippen LogP contribution is -2.43. The first kappa shape index (κ1) is 11.7. The van der Waals surface area contributed by atoms with Crippen molar-refractivity contribution in [1.82, 2.24) is 5.32 Å². The third-order valence-electron chi connectivity index (χ3n) is 1.75. The maximum Gasteiger partial charge on any atom is 0.328 e. The van der Waals surface area contributed by atoms with E-state index in [4.69, 9.17) is 10.2 Å². The van der Waals surface area contributed by atoms with Crippen LogP contribution in [-0.4, -0.2) is 34.7 Å².